The summed E-state index contributed by atoms with van der Waals surface area (Å²) in [4.78, 5) is 34.8. The Morgan fingerprint density at radius 2 is 1.80 bits per heavy atom. The lowest BCUT2D eigenvalue weighted by Crippen LogP contribution is -2.43. The standard InChI is InChI=1S/C35H33ClN4O4S/c1-5-39(6-2)34(42)31-22(4)38-35-40(32(31)24-13-15-27(36)16-14-24)33(41)30(45-35)19-23-12-17-28(29(18-23)43-7-3)44-21-26-11-9-8-10-25(26)20-37/h8-19,32H,5-7,21H2,1-4H3/b30-19+/t32-/m1/s1. The van der Waals surface area contributed by atoms with Crippen LogP contribution in [0.5, 0.6) is 11.5 Å². The molecule has 2 heterocycles. The molecule has 3 aromatic carbocycles. The molecule has 1 atom stereocenters. The number of ether oxygens (including phenoxy) is 2. The summed E-state index contributed by atoms with van der Waals surface area (Å²) in [7, 11) is 0. The first-order chi connectivity index (χ1) is 21.8. The van der Waals surface area contributed by atoms with Crippen LogP contribution in [-0.2, 0) is 11.4 Å². The molecule has 0 aliphatic carbocycles. The third kappa shape index (κ3) is 6.58. The second-order valence-electron chi connectivity index (χ2n) is 10.3. The van der Waals surface area contributed by atoms with Gasteiger partial charge in [-0.25, -0.2) is 4.99 Å². The molecule has 1 aromatic heterocycles. The Kier molecular flexibility index (Phi) is 9.87. The van der Waals surface area contributed by atoms with E-state index in [-0.39, 0.29) is 18.1 Å². The average Bonchev–Trinajstić information content (AvgIpc) is 3.34. The van der Waals surface area contributed by atoms with Gasteiger partial charge in [0.05, 0.1) is 40.1 Å². The fourth-order valence-electron chi connectivity index (χ4n) is 5.30. The molecule has 1 aliphatic heterocycles. The van der Waals surface area contributed by atoms with Gasteiger partial charge in [-0.15, -0.1) is 0 Å². The number of carbonyl (C=O) groups excluding carboxylic acids is 1. The Balaban J connectivity index is 1.56. The van der Waals surface area contributed by atoms with Gasteiger partial charge in [-0.2, -0.15) is 5.26 Å². The fraction of sp³-hybridized carbons (Fsp3) is 0.257. The van der Waals surface area contributed by atoms with E-state index < -0.39 is 6.04 Å². The number of hydrogen-bond donors (Lipinski definition) is 0. The van der Waals surface area contributed by atoms with Crippen LogP contribution in [0, 0.1) is 11.3 Å². The summed E-state index contributed by atoms with van der Waals surface area (Å²) in [6, 6.07) is 21.5. The third-order valence-corrected chi connectivity index (χ3v) is 8.81. The number of nitriles is 1. The van der Waals surface area contributed by atoms with Crippen molar-refractivity contribution in [2.45, 2.75) is 40.3 Å². The molecule has 10 heteroatoms. The van der Waals surface area contributed by atoms with Gasteiger partial charge in [-0.05, 0) is 75.2 Å². The maximum atomic E-state index is 14.1. The molecule has 0 saturated carbocycles. The van der Waals surface area contributed by atoms with Gasteiger partial charge in [0, 0.05) is 23.7 Å². The first-order valence-corrected chi connectivity index (χ1v) is 15.9. The highest BCUT2D eigenvalue weighted by Crippen LogP contribution is 2.32. The molecule has 230 valence electrons. The van der Waals surface area contributed by atoms with E-state index in [1.165, 1.54) is 11.3 Å². The maximum absolute atomic E-state index is 14.1. The first-order valence-electron chi connectivity index (χ1n) is 14.7. The van der Waals surface area contributed by atoms with Crippen molar-refractivity contribution in [3.63, 3.8) is 0 Å². The van der Waals surface area contributed by atoms with E-state index in [1.807, 2.05) is 70.2 Å². The number of aromatic nitrogens is 1. The second kappa shape index (κ2) is 14.0. The molecule has 5 rings (SSSR count). The summed E-state index contributed by atoms with van der Waals surface area (Å²) in [5, 5.41) is 9.98. The Morgan fingerprint density at radius 3 is 2.49 bits per heavy atom. The number of fused-ring (bicyclic) bond motifs is 1. The van der Waals surface area contributed by atoms with Crippen LogP contribution in [0.4, 0.5) is 0 Å². The van der Waals surface area contributed by atoms with Gasteiger partial charge < -0.3 is 14.4 Å². The van der Waals surface area contributed by atoms with Crippen molar-refractivity contribution in [1.82, 2.24) is 9.47 Å². The molecule has 0 N–H and O–H groups in total. The van der Waals surface area contributed by atoms with Crippen molar-refractivity contribution in [2.24, 2.45) is 4.99 Å². The predicted molar refractivity (Wildman–Crippen MR) is 176 cm³/mol. The Morgan fingerprint density at radius 1 is 1.07 bits per heavy atom. The molecule has 0 bridgehead atoms. The Labute approximate surface area is 270 Å². The van der Waals surface area contributed by atoms with Crippen molar-refractivity contribution in [3.05, 3.63) is 125 Å². The van der Waals surface area contributed by atoms with Crippen molar-refractivity contribution in [3.8, 4) is 17.6 Å². The van der Waals surface area contributed by atoms with E-state index in [2.05, 4.69) is 6.07 Å². The maximum Gasteiger partial charge on any atom is 0.271 e. The van der Waals surface area contributed by atoms with Crippen LogP contribution in [0.3, 0.4) is 0 Å². The molecule has 0 radical (unpaired) electrons. The number of nitrogens with zero attached hydrogens (tertiary/aromatic N) is 4. The van der Waals surface area contributed by atoms with Crippen molar-refractivity contribution >= 4 is 34.9 Å². The summed E-state index contributed by atoms with van der Waals surface area (Å²) < 4.78 is 14.0. The monoisotopic (exact) mass is 640 g/mol. The first kappa shape index (κ1) is 31.8. The lowest BCUT2D eigenvalue weighted by Gasteiger charge is -2.29. The molecule has 0 unspecified atom stereocenters. The zero-order valence-electron chi connectivity index (χ0n) is 25.5. The lowest BCUT2D eigenvalue weighted by atomic mass is 9.94. The zero-order chi connectivity index (χ0) is 32.1. The highest BCUT2D eigenvalue weighted by atomic mass is 35.5. The molecule has 0 saturated heterocycles. The number of likely N-dealkylation sites (N-methyl/N-ethyl adjacent to an activating group) is 1. The summed E-state index contributed by atoms with van der Waals surface area (Å²) >= 11 is 7.47. The average molecular weight is 641 g/mol. The van der Waals surface area contributed by atoms with Gasteiger partial charge in [-0.1, -0.05) is 59.3 Å². The van der Waals surface area contributed by atoms with Crippen molar-refractivity contribution in [1.29, 1.82) is 5.26 Å². The van der Waals surface area contributed by atoms with Crippen LogP contribution in [0.2, 0.25) is 5.02 Å². The highest BCUT2D eigenvalue weighted by molar-refractivity contribution is 7.07. The minimum Gasteiger partial charge on any atom is -0.490 e. The zero-order valence-corrected chi connectivity index (χ0v) is 27.1. The Hall–Kier alpha value is -4.65. The van der Waals surface area contributed by atoms with E-state index >= 15 is 0 Å². The molecular formula is C35H33ClN4O4S. The lowest BCUT2D eigenvalue weighted by molar-refractivity contribution is -0.127. The molecule has 45 heavy (non-hydrogen) atoms. The second-order valence-corrected chi connectivity index (χ2v) is 11.8. The molecule has 1 aliphatic rings. The number of hydrogen-bond acceptors (Lipinski definition) is 7. The summed E-state index contributed by atoms with van der Waals surface area (Å²) in [5.74, 6) is 0.904. The number of benzene rings is 3. The summed E-state index contributed by atoms with van der Waals surface area (Å²) in [6.45, 7) is 9.27. The number of carbonyl (C=O) groups is 1. The van der Waals surface area contributed by atoms with Gasteiger partial charge in [-0.3, -0.25) is 14.2 Å². The van der Waals surface area contributed by atoms with Crippen LogP contribution in [0.1, 0.15) is 56.0 Å². The highest BCUT2D eigenvalue weighted by Gasteiger charge is 2.34. The van der Waals surface area contributed by atoms with Gasteiger partial charge in [0.25, 0.3) is 11.5 Å². The molecule has 8 nitrogen and oxygen atoms in total. The summed E-state index contributed by atoms with van der Waals surface area (Å²) in [5.41, 5.74) is 3.65. The molecular weight excluding hydrogens is 608 g/mol. The normalized spacial score (nSPS) is 14.4. The smallest absolute Gasteiger partial charge is 0.271 e. The SMILES string of the molecule is CCOc1cc(/C=c2/sc3n(c2=O)[C@H](c2ccc(Cl)cc2)C(C(=O)N(CC)CC)=C(C)N=3)ccc1OCc1ccccc1C#N. The van der Waals surface area contributed by atoms with Crippen molar-refractivity contribution < 1.29 is 14.3 Å². The molecule has 0 fully saturated rings. The van der Waals surface area contributed by atoms with Crippen LogP contribution in [-0.4, -0.2) is 35.1 Å². The topological polar surface area (TPSA) is 96.9 Å². The van der Waals surface area contributed by atoms with Crippen molar-refractivity contribution in [2.75, 3.05) is 19.7 Å². The molecule has 0 spiro atoms. The number of halogens is 1. The number of rotatable bonds is 10. The van der Waals surface area contributed by atoms with Crippen LogP contribution in [0.15, 0.2) is 87.8 Å². The van der Waals surface area contributed by atoms with Crippen LogP contribution < -0.4 is 24.4 Å². The number of thiazole rings is 1. The fourth-order valence-corrected chi connectivity index (χ4v) is 6.47. The van der Waals surface area contributed by atoms with E-state index in [9.17, 15) is 14.9 Å². The van der Waals surface area contributed by atoms with Gasteiger partial charge in [0.2, 0.25) is 0 Å². The number of amides is 1. The van der Waals surface area contributed by atoms with E-state index in [1.54, 1.807) is 39.8 Å². The van der Waals surface area contributed by atoms with Gasteiger partial charge >= 0.3 is 0 Å². The summed E-state index contributed by atoms with van der Waals surface area (Å²) in [6.07, 6.45) is 1.80. The van der Waals surface area contributed by atoms with E-state index in [0.29, 0.717) is 62.4 Å². The predicted octanol–water partition coefficient (Wildman–Crippen LogP) is 5.61. The molecule has 1 amide bonds. The van der Waals surface area contributed by atoms with Gasteiger partial charge in [0.15, 0.2) is 16.3 Å². The third-order valence-electron chi connectivity index (χ3n) is 7.57. The van der Waals surface area contributed by atoms with Crippen LogP contribution >= 0.6 is 22.9 Å². The Bertz CT molecular complexity index is 1990. The number of allylic oxidation sites excluding steroid dienone is 1. The largest absolute Gasteiger partial charge is 0.490 e. The minimum absolute atomic E-state index is 0.148. The van der Waals surface area contributed by atoms with Gasteiger partial charge in [0.1, 0.15) is 6.61 Å². The van der Waals surface area contributed by atoms with Crippen LogP contribution in [0.25, 0.3) is 6.08 Å². The van der Waals surface area contributed by atoms with E-state index in [4.69, 9.17) is 26.1 Å². The molecule has 4 aromatic rings. The van der Waals surface area contributed by atoms with E-state index in [0.717, 1.165) is 16.7 Å². The quantitative estimate of drug-likeness (QED) is 0.225. The minimum atomic E-state index is -0.653.